The molecule has 0 aromatic carbocycles. The topological polar surface area (TPSA) is 84.8 Å². The smallest absolute Gasteiger partial charge is 0.247 e. The lowest BCUT2D eigenvalue weighted by molar-refractivity contribution is 0.600. The van der Waals surface area contributed by atoms with Crippen molar-refractivity contribution in [1.29, 1.82) is 0 Å². The Kier molecular flexibility index (Phi) is 3.68. The molecule has 0 bridgehead atoms. The Labute approximate surface area is 115 Å². The van der Waals surface area contributed by atoms with Gasteiger partial charge in [-0.05, 0) is 32.0 Å². The van der Waals surface area contributed by atoms with Crippen molar-refractivity contribution in [2.24, 2.45) is 0 Å². The monoisotopic (exact) mass is 298 g/mol. The molecule has 0 atom stereocenters. The molecule has 2 heterocycles. The van der Waals surface area contributed by atoms with Crippen molar-refractivity contribution in [1.82, 2.24) is 15.0 Å². The molecule has 19 heavy (non-hydrogen) atoms. The van der Waals surface area contributed by atoms with Crippen LogP contribution >= 0.6 is 11.6 Å². The van der Waals surface area contributed by atoms with Crippen LogP contribution in [-0.4, -0.2) is 23.4 Å². The van der Waals surface area contributed by atoms with Gasteiger partial charge in [-0.3, -0.25) is 0 Å². The number of sulfonamides is 1. The molecule has 0 aliphatic carbocycles. The van der Waals surface area contributed by atoms with E-state index >= 15 is 0 Å². The number of aromatic nitrogens is 3. The number of rotatable bonds is 3. The van der Waals surface area contributed by atoms with Gasteiger partial charge in [0.25, 0.3) is 10.0 Å². The van der Waals surface area contributed by atoms with Gasteiger partial charge < -0.3 is 0 Å². The summed E-state index contributed by atoms with van der Waals surface area (Å²) in [7, 11) is -3.85. The summed E-state index contributed by atoms with van der Waals surface area (Å²) >= 11 is 5.77. The van der Waals surface area contributed by atoms with Gasteiger partial charge in [-0.2, -0.15) is 0 Å². The number of nitrogens with one attached hydrogen (secondary N) is 1. The van der Waals surface area contributed by atoms with Gasteiger partial charge in [0.15, 0.2) is 0 Å². The summed E-state index contributed by atoms with van der Waals surface area (Å²) in [6.45, 7) is 3.51. The van der Waals surface area contributed by atoms with Crippen LogP contribution in [0.1, 0.15) is 11.4 Å². The Bertz CT molecular complexity index is 698. The Morgan fingerprint density at radius 1 is 1.21 bits per heavy atom. The van der Waals surface area contributed by atoms with Gasteiger partial charge in [0.2, 0.25) is 5.95 Å². The van der Waals surface area contributed by atoms with Crippen LogP contribution in [0.4, 0.5) is 5.95 Å². The third kappa shape index (κ3) is 3.18. The van der Waals surface area contributed by atoms with Gasteiger partial charge in [-0.1, -0.05) is 11.6 Å². The minimum atomic E-state index is -3.85. The Hall–Kier alpha value is -1.73. The zero-order valence-electron chi connectivity index (χ0n) is 10.3. The molecule has 0 aliphatic heterocycles. The zero-order valence-corrected chi connectivity index (χ0v) is 11.8. The Morgan fingerprint density at radius 2 is 1.84 bits per heavy atom. The fourth-order valence-corrected chi connectivity index (χ4v) is 2.92. The molecule has 0 aliphatic rings. The van der Waals surface area contributed by atoms with Crippen molar-refractivity contribution in [3.63, 3.8) is 0 Å². The van der Waals surface area contributed by atoms with E-state index < -0.39 is 10.0 Å². The van der Waals surface area contributed by atoms with Crippen molar-refractivity contribution >= 4 is 27.6 Å². The number of halogens is 1. The molecule has 0 saturated heterocycles. The molecule has 0 fully saturated rings. The standard InChI is InChI=1S/C11H11ClN4O2S/c1-7-6-8(2)15-11(14-7)16-19(17,18)9-4-3-5-13-10(9)12/h3-6H,1-2H3,(H,14,15,16). The normalized spacial score (nSPS) is 11.3. The molecule has 2 rings (SSSR count). The molecule has 8 heteroatoms. The van der Waals surface area contributed by atoms with E-state index in [4.69, 9.17) is 11.6 Å². The number of aryl methyl sites for hydroxylation is 2. The maximum absolute atomic E-state index is 12.1. The molecule has 0 saturated carbocycles. The van der Waals surface area contributed by atoms with Crippen LogP contribution in [0.2, 0.25) is 5.15 Å². The molecule has 0 unspecified atom stereocenters. The third-order valence-electron chi connectivity index (χ3n) is 2.22. The van der Waals surface area contributed by atoms with Crippen LogP contribution in [0.15, 0.2) is 29.3 Å². The van der Waals surface area contributed by atoms with E-state index in [1.54, 1.807) is 19.9 Å². The lowest BCUT2D eigenvalue weighted by Gasteiger charge is -2.08. The number of hydrogen-bond donors (Lipinski definition) is 1. The van der Waals surface area contributed by atoms with Gasteiger partial charge in [-0.25, -0.2) is 28.1 Å². The average Bonchev–Trinajstić information content (AvgIpc) is 2.26. The maximum Gasteiger partial charge on any atom is 0.267 e. The second-order valence-corrected chi connectivity index (χ2v) is 5.88. The highest BCUT2D eigenvalue weighted by molar-refractivity contribution is 7.92. The molecule has 2 aromatic heterocycles. The summed E-state index contributed by atoms with van der Waals surface area (Å²) in [4.78, 5) is 11.6. The van der Waals surface area contributed by atoms with Gasteiger partial charge in [0, 0.05) is 17.6 Å². The molecule has 6 nitrogen and oxygen atoms in total. The van der Waals surface area contributed by atoms with Gasteiger partial charge in [0.05, 0.1) is 0 Å². The number of pyridine rings is 1. The first-order chi connectivity index (χ1) is 8.88. The SMILES string of the molecule is Cc1cc(C)nc(NS(=O)(=O)c2cccnc2Cl)n1. The average molecular weight is 299 g/mol. The van der Waals surface area contributed by atoms with Crippen LogP contribution in [0, 0.1) is 13.8 Å². The van der Waals surface area contributed by atoms with Crippen molar-refractivity contribution in [3.05, 3.63) is 40.9 Å². The lowest BCUT2D eigenvalue weighted by Crippen LogP contribution is -2.16. The second kappa shape index (κ2) is 5.10. The second-order valence-electron chi connectivity index (χ2n) is 3.87. The quantitative estimate of drug-likeness (QED) is 0.875. The highest BCUT2D eigenvalue weighted by Gasteiger charge is 2.19. The summed E-state index contributed by atoms with van der Waals surface area (Å²) in [5.41, 5.74) is 1.34. The van der Waals surface area contributed by atoms with Gasteiger partial charge in [0.1, 0.15) is 10.0 Å². The first kappa shape index (κ1) is 13.7. The predicted molar refractivity (Wildman–Crippen MR) is 71.6 cm³/mol. The highest BCUT2D eigenvalue weighted by atomic mass is 35.5. The first-order valence-electron chi connectivity index (χ1n) is 5.34. The molecule has 0 radical (unpaired) electrons. The fraction of sp³-hybridized carbons (Fsp3) is 0.182. The molecule has 0 spiro atoms. The Balaban J connectivity index is 2.39. The van der Waals surface area contributed by atoms with E-state index in [2.05, 4.69) is 19.7 Å². The van der Waals surface area contributed by atoms with Crippen LogP contribution in [0.25, 0.3) is 0 Å². The molecule has 0 amide bonds. The minimum Gasteiger partial charge on any atom is -0.247 e. The maximum atomic E-state index is 12.1. The van der Waals surface area contributed by atoms with Crippen molar-refractivity contribution in [2.45, 2.75) is 18.7 Å². The highest BCUT2D eigenvalue weighted by Crippen LogP contribution is 2.20. The predicted octanol–water partition coefficient (Wildman–Crippen LogP) is 1.94. The van der Waals surface area contributed by atoms with Crippen molar-refractivity contribution in [3.8, 4) is 0 Å². The van der Waals surface area contributed by atoms with E-state index in [1.807, 2.05) is 0 Å². The summed E-state index contributed by atoms with van der Waals surface area (Å²) < 4.78 is 26.5. The van der Waals surface area contributed by atoms with E-state index in [9.17, 15) is 8.42 Å². The summed E-state index contributed by atoms with van der Waals surface area (Å²) in [5.74, 6) is 0.0115. The summed E-state index contributed by atoms with van der Waals surface area (Å²) in [6.07, 6.45) is 1.41. The molecular formula is C11H11ClN4O2S. The van der Waals surface area contributed by atoms with Crippen LogP contribution in [0.3, 0.4) is 0 Å². The lowest BCUT2D eigenvalue weighted by atomic mass is 10.4. The number of hydrogen-bond acceptors (Lipinski definition) is 5. The summed E-state index contributed by atoms with van der Waals surface area (Å²) in [6, 6.07) is 4.60. The molecule has 2 aromatic rings. The largest absolute Gasteiger partial charge is 0.267 e. The van der Waals surface area contributed by atoms with Crippen LogP contribution < -0.4 is 4.72 Å². The third-order valence-corrected chi connectivity index (χ3v) is 4.00. The minimum absolute atomic E-state index is 0.0115. The summed E-state index contributed by atoms with van der Waals surface area (Å²) in [5, 5.41) is -0.0978. The van der Waals surface area contributed by atoms with E-state index in [0.29, 0.717) is 11.4 Å². The number of anilines is 1. The fourth-order valence-electron chi connectivity index (χ4n) is 1.52. The zero-order chi connectivity index (χ0) is 14.0. The van der Waals surface area contributed by atoms with Crippen molar-refractivity contribution in [2.75, 3.05) is 4.72 Å². The van der Waals surface area contributed by atoms with Crippen molar-refractivity contribution < 1.29 is 8.42 Å². The Morgan fingerprint density at radius 3 is 2.42 bits per heavy atom. The number of nitrogens with zero attached hydrogens (tertiary/aromatic N) is 3. The van der Waals surface area contributed by atoms with Crippen LogP contribution in [-0.2, 0) is 10.0 Å². The first-order valence-corrected chi connectivity index (χ1v) is 7.20. The van der Waals surface area contributed by atoms with Gasteiger partial charge in [-0.15, -0.1) is 0 Å². The van der Waals surface area contributed by atoms with E-state index in [1.165, 1.54) is 18.3 Å². The van der Waals surface area contributed by atoms with Crippen LogP contribution in [0.5, 0.6) is 0 Å². The molecular weight excluding hydrogens is 288 g/mol. The van der Waals surface area contributed by atoms with Gasteiger partial charge >= 0.3 is 0 Å². The molecule has 100 valence electrons. The van der Waals surface area contributed by atoms with E-state index in [0.717, 1.165) is 0 Å². The van der Waals surface area contributed by atoms with E-state index in [-0.39, 0.29) is 16.0 Å². The molecule has 1 N–H and O–H groups in total.